The summed E-state index contributed by atoms with van der Waals surface area (Å²) >= 11 is 0. The number of aliphatic hydroxyl groups is 1. The summed E-state index contributed by atoms with van der Waals surface area (Å²) in [6, 6.07) is 0. The molecule has 9 nitrogen and oxygen atoms in total. The van der Waals surface area contributed by atoms with Crippen molar-refractivity contribution in [1.82, 2.24) is 0 Å². The van der Waals surface area contributed by atoms with Crippen LogP contribution >= 0.6 is 0 Å². The van der Waals surface area contributed by atoms with Crippen LogP contribution in [0.3, 0.4) is 0 Å². The third kappa shape index (κ3) is 5.27. The van der Waals surface area contributed by atoms with Crippen LogP contribution in [-0.2, 0) is 28.5 Å². The number of carboxylic acid groups (broad SMARTS) is 1. The van der Waals surface area contributed by atoms with Gasteiger partial charge in [-0.15, -0.1) is 0 Å². The summed E-state index contributed by atoms with van der Waals surface area (Å²) in [6.45, 7) is 4.39. The molecule has 144 valence electrons. The molecule has 25 heavy (non-hydrogen) atoms. The third-order valence-corrected chi connectivity index (χ3v) is 4.61. The standard InChI is InChI=1S/C16H26O9/c1-3-16(8-21-9-16)10-23-14(20)22-7-12-11(6-17)24-15(2,25-12)5-4-13(18)19/h11-12,17H,3-10H2,1-2H3,(H,18,19)/p-1. The molecule has 0 saturated carbocycles. The van der Waals surface area contributed by atoms with Gasteiger partial charge in [-0.25, -0.2) is 4.79 Å². The molecule has 9 heteroatoms. The fourth-order valence-corrected chi connectivity index (χ4v) is 2.75. The van der Waals surface area contributed by atoms with Gasteiger partial charge in [-0.2, -0.15) is 0 Å². The maximum Gasteiger partial charge on any atom is 0.508 e. The van der Waals surface area contributed by atoms with Crippen LogP contribution < -0.4 is 5.11 Å². The maximum atomic E-state index is 11.7. The molecule has 2 heterocycles. The Morgan fingerprint density at radius 2 is 1.92 bits per heavy atom. The number of rotatable bonds is 9. The van der Waals surface area contributed by atoms with Crippen LogP contribution in [0.15, 0.2) is 0 Å². The Hall–Kier alpha value is -1.42. The number of aliphatic carboxylic acids is 1. The third-order valence-electron chi connectivity index (χ3n) is 4.61. The molecule has 3 atom stereocenters. The smallest absolute Gasteiger partial charge is 0.508 e. The van der Waals surface area contributed by atoms with Gasteiger partial charge in [-0.05, 0) is 19.8 Å². The van der Waals surface area contributed by atoms with Gasteiger partial charge in [-0.3, -0.25) is 0 Å². The molecule has 0 spiro atoms. The fraction of sp³-hybridized carbons (Fsp3) is 0.875. The predicted octanol–water partition coefficient (Wildman–Crippen LogP) is -0.411. The highest BCUT2D eigenvalue weighted by molar-refractivity contribution is 5.64. The SMILES string of the molecule is CCC1(COC(=O)OCC2OC(C)(CCC(=O)[O-])OC2CO)COC1. The number of hydrogen-bond donors (Lipinski definition) is 1. The topological polar surface area (TPSA) is 124 Å². The van der Waals surface area contributed by atoms with E-state index in [1.54, 1.807) is 6.92 Å². The Kier molecular flexibility index (Phi) is 6.61. The summed E-state index contributed by atoms with van der Waals surface area (Å²) in [5.74, 6) is -2.40. The van der Waals surface area contributed by atoms with Gasteiger partial charge < -0.3 is 38.7 Å². The first-order valence-corrected chi connectivity index (χ1v) is 8.35. The molecule has 0 aromatic carbocycles. The van der Waals surface area contributed by atoms with Crippen LogP contribution in [-0.4, -0.2) is 68.3 Å². The molecule has 2 aliphatic rings. The molecule has 0 radical (unpaired) electrons. The summed E-state index contributed by atoms with van der Waals surface area (Å²) in [5, 5.41) is 20.0. The highest BCUT2D eigenvalue weighted by atomic mass is 16.8. The van der Waals surface area contributed by atoms with Crippen LogP contribution in [0, 0.1) is 5.41 Å². The van der Waals surface area contributed by atoms with E-state index in [4.69, 9.17) is 23.7 Å². The van der Waals surface area contributed by atoms with Crippen LogP contribution in [0.5, 0.6) is 0 Å². The van der Waals surface area contributed by atoms with Gasteiger partial charge in [-0.1, -0.05) is 6.92 Å². The summed E-state index contributed by atoms with van der Waals surface area (Å²) in [6.07, 6.45) is -1.61. The molecule has 2 saturated heterocycles. The lowest BCUT2D eigenvalue weighted by Gasteiger charge is -2.39. The number of aliphatic hydroxyl groups excluding tert-OH is 1. The van der Waals surface area contributed by atoms with Gasteiger partial charge >= 0.3 is 6.16 Å². The minimum Gasteiger partial charge on any atom is -0.550 e. The summed E-state index contributed by atoms with van der Waals surface area (Å²) in [4.78, 5) is 22.3. The van der Waals surface area contributed by atoms with Crippen molar-refractivity contribution in [2.24, 2.45) is 5.41 Å². The number of carboxylic acids is 1. The molecular formula is C16H25O9-. The molecule has 0 aliphatic carbocycles. The van der Waals surface area contributed by atoms with Gasteiger partial charge in [0.05, 0.1) is 25.2 Å². The van der Waals surface area contributed by atoms with Gasteiger partial charge in [0, 0.05) is 12.4 Å². The van der Waals surface area contributed by atoms with E-state index in [2.05, 4.69) is 0 Å². The van der Waals surface area contributed by atoms with Crippen molar-refractivity contribution in [2.75, 3.05) is 33.0 Å². The monoisotopic (exact) mass is 361 g/mol. The number of carbonyl (C=O) groups excluding carboxylic acids is 2. The van der Waals surface area contributed by atoms with Crippen molar-refractivity contribution in [1.29, 1.82) is 0 Å². The van der Waals surface area contributed by atoms with E-state index in [-0.39, 0.29) is 38.1 Å². The number of carbonyl (C=O) groups is 2. The molecule has 2 rings (SSSR count). The van der Waals surface area contributed by atoms with E-state index in [1.807, 2.05) is 6.92 Å². The lowest BCUT2D eigenvalue weighted by molar-refractivity contribution is -0.307. The molecule has 3 unspecified atom stereocenters. The van der Waals surface area contributed by atoms with E-state index in [0.29, 0.717) is 13.2 Å². The van der Waals surface area contributed by atoms with E-state index >= 15 is 0 Å². The van der Waals surface area contributed by atoms with Crippen molar-refractivity contribution >= 4 is 12.1 Å². The highest BCUT2D eigenvalue weighted by Crippen LogP contribution is 2.33. The zero-order chi connectivity index (χ0) is 18.5. The Morgan fingerprint density at radius 3 is 2.44 bits per heavy atom. The van der Waals surface area contributed by atoms with Gasteiger partial charge in [0.2, 0.25) is 0 Å². The van der Waals surface area contributed by atoms with Crippen LogP contribution in [0.4, 0.5) is 4.79 Å². The van der Waals surface area contributed by atoms with Gasteiger partial charge in [0.15, 0.2) is 5.79 Å². The van der Waals surface area contributed by atoms with Crippen LogP contribution in [0.25, 0.3) is 0 Å². The molecule has 0 aromatic rings. The van der Waals surface area contributed by atoms with E-state index in [1.165, 1.54) is 0 Å². The van der Waals surface area contributed by atoms with Crippen molar-refractivity contribution in [3.63, 3.8) is 0 Å². The molecule has 1 N–H and O–H groups in total. The molecule has 0 bridgehead atoms. The first-order valence-electron chi connectivity index (χ1n) is 8.35. The lowest BCUT2D eigenvalue weighted by Crippen LogP contribution is -2.46. The first kappa shape index (κ1) is 19.9. The summed E-state index contributed by atoms with van der Waals surface area (Å²) in [7, 11) is 0. The Bertz CT molecular complexity index is 471. The Labute approximate surface area is 146 Å². The van der Waals surface area contributed by atoms with Crippen LogP contribution in [0.1, 0.15) is 33.1 Å². The predicted molar refractivity (Wildman–Crippen MR) is 80.3 cm³/mol. The highest BCUT2D eigenvalue weighted by Gasteiger charge is 2.44. The molecule has 0 aromatic heterocycles. The van der Waals surface area contributed by atoms with Gasteiger partial charge in [0.1, 0.15) is 25.4 Å². The second-order valence-electron chi connectivity index (χ2n) is 6.70. The average molecular weight is 361 g/mol. The van der Waals surface area contributed by atoms with E-state index in [9.17, 15) is 19.8 Å². The van der Waals surface area contributed by atoms with Crippen molar-refractivity contribution in [2.45, 2.75) is 51.1 Å². The Balaban J connectivity index is 1.76. The van der Waals surface area contributed by atoms with Crippen molar-refractivity contribution in [3.8, 4) is 0 Å². The molecule has 0 amide bonds. The van der Waals surface area contributed by atoms with Crippen LogP contribution in [0.2, 0.25) is 0 Å². The minimum absolute atomic E-state index is 0.0613. The number of ether oxygens (including phenoxy) is 5. The number of hydrogen-bond acceptors (Lipinski definition) is 9. The van der Waals surface area contributed by atoms with E-state index in [0.717, 1.165) is 6.42 Å². The first-order chi connectivity index (χ1) is 11.8. The zero-order valence-corrected chi connectivity index (χ0v) is 14.5. The molecular weight excluding hydrogens is 336 g/mol. The minimum atomic E-state index is -1.22. The van der Waals surface area contributed by atoms with Crippen molar-refractivity contribution in [3.05, 3.63) is 0 Å². The Morgan fingerprint density at radius 1 is 1.24 bits per heavy atom. The lowest BCUT2D eigenvalue weighted by atomic mass is 9.84. The second-order valence-corrected chi connectivity index (χ2v) is 6.70. The second kappa shape index (κ2) is 8.31. The summed E-state index contributed by atoms with van der Waals surface area (Å²) < 4.78 is 26.5. The normalized spacial score (nSPS) is 30.5. The zero-order valence-electron chi connectivity index (χ0n) is 14.5. The largest absolute Gasteiger partial charge is 0.550 e. The van der Waals surface area contributed by atoms with Crippen molar-refractivity contribution < 1.29 is 43.5 Å². The summed E-state index contributed by atoms with van der Waals surface area (Å²) in [5.41, 5.74) is -0.136. The fourth-order valence-electron chi connectivity index (χ4n) is 2.75. The van der Waals surface area contributed by atoms with Gasteiger partial charge in [0.25, 0.3) is 0 Å². The molecule has 2 aliphatic heterocycles. The molecule has 2 fully saturated rings. The maximum absolute atomic E-state index is 11.7. The quantitative estimate of drug-likeness (QED) is 0.546. The van der Waals surface area contributed by atoms with E-state index < -0.39 is 30.1 Å². The average Bonchev–Trinajstić information content (AvgIpc) is 2.87.